The molecular formula is C12H19BrF3NO. The van der Waals surface area contributed by atoms with Gasteiger partial charge in [0, 0.05) is 18.4 Å². The molecule has 1 aliphatic heterocycles. The van der Waals surface area contributed by atoms with E-state index in [1.807, 2.05) is 0 Å². The summed E-state index contributed by atoms with van der Waals surface area (Å²) in [5.74, 6) is 0. The van der Waals surface area contributed by atoms with Gasteiger partial charge in [0.05, 0.1) is 0 Å². The fraction of sp³-hybridized carbons (Fsp3) is 1.00. The summed E-state index contributed by atoms with van der Waals surface area (Å²) in [6.07, 6.45) is -2.16. The quantitative estimate of drug-likeness (QED) is 0.805. The first-order valence-corrected chi connectivity index (χ1v) is 7.50. The smallest absolute Gasteiger partial charge is 0.380 e. The lowest BCUT2D eigenvalue weighted by Gasteiger charge is -2.29. The third kappa shape index (κ3) is 3.02. The maximum absolute atomic E-state index is 12.8. The number of rotatable bonds is 3. The van der Waals surface area contributed by atoms with Gasteiger partial charge in [-0.2, -0.15) is 13.2 Å². The lowest BCUT2D eigenvalue weighted by molar-refractivity contribution is -0.263. The molecule has 2 rings (SSSR count). The molecule has 0 radical (unpaired) electrons. The molecule has 1 aliphatic carbocycles. The largest absolute Gasteiger partial charge is 0.417 e. The first-order valence-electron chi connectivity index (χ1n) is 6.38. The van der Waals surface area contributed by atoms with Gasteiger partial charge >= 0.3 is 6.18 Å². The Morgan fingerprint density at radius 2 is 1.78 bits per heavy atom. The Hall–Kier alpha value is 0.190. The van der Waals surface area contributed by atoms with Gasteiger partial charge in [0.25, 0.3) is 0 Å². The Morgan fingerprint density at radius 3 is 2.28 bits per heavy atom. The second-order valence-electron chi connectivity index (χ2n) is 5.79. The summed E-state index contributed by atoms with van der Waals surface area (Å²) >= 11 is 3.48. The fourth-order valence-corrected chi connectivity index (χ4v) is 3.34. The van der Waals surface area contributed by atoms with E-state index in [1.54, 1.807) is 0 Å². The number of hydrogen-bond acceptors (Lipinski definition) is 2. The van der Waals surface area contributed by atoms with Crippen LogP contribution in [0.5, 0.6) is 0 Å². The van der Waals surface area contributed by atoms with Crippen molar-refractivity contribution < 1.29 is 18.3 Å². The lowest BCUT2D eigenvalue weighted by Crippen LogP contribution is -2.45. The molecule has 1 unspecified atom stereocenters. The van der Waals surface area contributed by atoms with Crippen LogP contribution in [0, 0.1) is 5.41 Å². The zero-order valence-electron chi connectivity index (χ0n) is 10.3. The Morgan fingerprint density at radius 1 is 1.11 bits per heavy atom. The summed E-state index contributed by atoms with van der Waals surface area (Å²) in [4.78, 5) is 2.08. The highest BCUT2D eigenvalue weighted by Gasteiger charge is 2.54. The second-order valence-corrected chi connectivity index (χ2v) is 6.35. The summed E-state index contributed by atoms with van der Waals surface area (Å²) in [7, 11) is 0. The molecule has 1 heterocycles. The molecule has 0 bridgehead atoms. The van der Waals surface area contributed by atoms with Gasteiger partial charge in [0.15, 0.2) is 5.60 Å². The molecular weight excluding hydrogens is 311 g/mol. The zero-order chi connectivity index (χ0) is 13.4. The summed E-state index contributed by atoms with van der Waals surface area (Å²) in [5, 5.41) is 10.6. The minimum atomic E-state index is -4.50. The number of likely N-dealkylation sites (tertiary alicyclic amines) is 1. The third-order valence-electron chi connectivity index (χ3n) is 4.23. The normalized spacial score (nSPS) is 33.2. The first-order chi connectivity index (χ1) is 8.30. The minimum Gasteiger partial charge on any atom is -0.380 e. The average molecular weight is 330 g/mol. The molecule has 6 heteroatoms. The van der Waals surface area contributed by atoms with E-state index in [0.29, 0.717) is 19.5 Å². The van der Waals surface area contributed by atoms with E-state index in [4.69, 9.17) is 0 Å². The molecule has 1 saturated heterocycles. The van der Waals surface area contributed by atoms with E-state index >= 15 is 0 Å². The third-order valence-corrected chi connectivity index (χ3v) is 5.42. The van der Waals surface area contributed by atoms with Gasteiger partial charge in [0.2, 0.25) is 0 Å². The van der Waals surface area contributed by atoms with Crippen LogP contribution in [0.1, 0.15) is 32.1 Å². The van der Waals surface area contributed by atoms with Crippen molar-refractivity contribution in [1.29, 1.82) is 0 Å². The predicted octanol–water partition coefficient (Wildman–Crippen LogP) is 2.94. The topological polar surface area (TPSA) is 23.5 Å². The number of alkyl halides is 4. The fourth-order valence-electron chi connectivity index (χ4n) is 2.60. The van der Waals surface area contributed by atoms with Crippen LogP contribution in [-0.4, -0.2) is 46.7 Å². The van der Waals surface area contributed by atoms with Crippen LogP contribution in [-0.2, 0) is 0 Å². The predicted molar refractivity (Wildman–Crippen MR) is 66.8 cm³/mol. The molecule has 1 atom stereocenters. The van der Waals surface area contributed by atoms with Gasteiger partial charge < -0.3 is 10.0 Å². The van der Waals surface area contributed by atoms with Gasteiger partial charge in [0.1, 0.15) is 0 Å². The Kier molecular flexibility index (Phi) is 4.01. The number of hydrogen-bond donors (Lipinski definition) is 1. The Balaban J connectivity index is 1.92. The highest BCUT2D eigenvalue weighted by molar-refractivity contribution is 9.09. The summed E-state index contributed by atoms with van der Waals surface area (Å²) in [5.41, 5.74) is -2.20. The monoisotopic (exact) mass is 329 g/mol. The molecule has 0 aromatic rings. The maximum atomic E-state index is 12.8. The standard InChI is InChI=1S/C12H19BrF3NO/c13-8-10(3-4-10)9-17-6-1-2-11(18,5-7-17)12(14,15)16/h18H,1-9H2. The molecule has 1 N–H and O–H groups in total. The average Bonchev–Trinajstić information content (AvgIpc) is 3.06. The van der Waals surface area contributed by atoms with Crippen LogP contribution < -0.4 is 0 Å². The van der Waals surface area contributed by atoms with Crippen LogP contribution in [0.25, 0.3) is 0 Å². The number of aliphatic hydroxyl groups is 1. The second kappa shape index (κ2) is 4.94. The SMILES string of the molecule is OC1(C(F)(F)F)CCCN(CC2(CBr)CC2)CC1. The zero-order valence-corrected chi connectivity index (χ0v) is 11.9. The highest BCUT2D eigenvalue weighted by Crippen LogP contribution is 2.48. The van der Waals surface area contributed by atoms with Crippen molar-refractivity contribution >= 4 is 15.9 Å². The lowest BCUT2D eigenvalue weighted by atomic mass is 9.94. The van der Waals surface area contributed by atoms with E-state index in [1.165, 1.54) is 0 Å². The van der Waals surface area contributed by atoms with Gasteiger partial charge in [-0.1, -0.05) is 15.9 Å². The molecule has 2 nitrogen and oxygen atoms in total. The molecule has 2 aliphatic rings. The maximum Gasteiger partial charge on any atom is 0.417 e. The van der Waals surface area contributed by atoms with E-state index in [9.17, 15) is 18.3 Å². The van der Waals surface area contributed by atoms with E-state index in [2.05, 4.69) is 20.8 Å². The van der Waals surface area contributed by atoms with Crippen molar-refractivity contribution in [2.24, 2.45) is 5.41 Å². The van der Waals surface area contributed by atoms with Crippen molar-refractivity contribution in [3.63, 3.8) is 0 Å². The molecule has 2 fully saturated rings. The molecule has 18 heavy (non-hydrogen) atoms. The van der Waals surface area contributed by atoms with Crippen molar-refractivity contribution in [2.75, 3.05) is 25.0 Å². The van der Waals surface area contributed by atoms with Crippen LogP contribution in [0.4, 0.5) is 13.2 Å². The van der Waals surface area contributed by atoms with Crippen molar-refractivity contribution in [3.05, 3.63) is 0 Å². The summed E-state index contributed by atoms with van der Waals surface area (Å²) < 4.78 is 38.3. The van der Waals surface area contributed by atoms with Gasteiger partial charge in [-0.15, -0.1) is 0 Å². The van der Waals surface area contributed by atoms with Crippen molar-refractivity contribution in [2.45, 2.75) is 43.9 Å². The minimum absolute atomic E-state index is 0.172. The highest BCUT2D eigenvalue weighted by atomic mass is 79.9. The summed E-state index contributed by atoms with van der Waals surface area (Å²) in [6, 6.07) is 0. The van der Waals surface area contributed by atoms with E-state index in [0.717, 1.165) is 24.7 Å². The van der Waals surface area contributed by atoms with E-state index < -0.39 is 11.8 Å². The van der Waals surface area contributed by atoms with Crippen molar-refractivity contribution in [3.8, 4) is 0 Å². The van der Waals surface area contributed by atoms with Crippen LogP contribution in [0.15, 0.2) is 0 Å². The molecule has 1 saturated carbocycles. The molecule has 0 aromatic carbocycles. The number of halogens is 4. The van der Waals surface area contributed by atoms with Crippen LogP contribution >= 0.6 is 15.9 Å². The summed E-state index contributed by atoms with van der Waals surface area (Å²) in [6.45, 7) is 1.85. The molecule has 0 aromatic heterocycles. The molecule has 0 amide bonds. The Labute approximate surface area is 114 Å². The van der Waals surface area contributed by atoms with Crippen molar-refractivity contribution in [1.82, 2.24) is 4.90 Å². The van der Waals surface area contributed by atoms with Gasteiger partial charge in [-0.05, 0) is 44.1 Å². The Bertz CT molecular complexity index is 306. The first kappa shape index (κ1) is 14.6. The van der Waals surface area contributed by atoms with Crippen LogP contribution in [0.2, 0.25) is 0 Å². The molecule has 0 spiro atoms. The van der Waals surface area contributed by atoms with Crippen LogP contribution in [0.3, 0.4) is 0 Å². The number of nitrogens with zero attached hydrogens (tertiary/aromatic N) is 1. The van der Waals surface area contributed by atoms with Gasteiger partial charge in [-0.3, -0.25) is 0 Å². The van der Waals surface area contributed by atoms with E-state index in [-0.39, 0.29) is 18.3 Å². The molecule has 106 valence electrons. The van der Waals surface area contributed by atoms with Gasteiger partial charge in [-0.25, -0.2) is 0 Å².